The molecular formula is C13H15ClN2O4S. The summed E-state index contributed by atoms with van der Waals surface area (Å²) in [7, 11) is 0. The van der Waals surface area contributed by atoms with E-state index in [0.717, 1.165) is 18.4 Å². The van der Waals surface area contributed by atoms with Crippen LogP contribution in [-0.4, -0.2) is 25.9 Å². The molecule has 6 nitrogen and oxygen atoms in total. The van der Waals surface area contributed by atoms with Gasteiger partial charge in [0.05, 0.1) is 16.8 Å². The van der Waals surface area contributed by atoms with Gasteiger partial charge in [-0.1, -0.05) is 23.3 Å². The molecule has 2 unspecified atom stereocenters. The highest BCUT2D eigenvalue weighted by molar-refractivity contribution is 7.79. The van der Waals surface area contributed by atoms with Crippen molar-refractivity contribution in [3.05, 3.63) is 28.8 Å². The van der Waals surface area contributed by atoms with Crippen molar-refractivity contribution in [3.8, 4) is 5.75 Å². The summed E-state index contributed by atoms with van der Waals surface area (Å²) in [6.45, 7) is 1.94. The fourth-order valence-corrected chi connectivity index (χ4v) is 3.02. The summed E-state index contributed by atoms with van der Waals surface area (Å²) in [5, 5.41) is 15.1. The fourth-order valence-electron chi connectivity index (χ4n) is 2.16. The number of carbonyl (C=O) groups is 1. The van der Waals surface area contributed by atoms with E-state index in [1.165, 1.54) is 12.1 Å². The Labute approximate surface area is 129 Å². The smallest absolute Gasteiger partial charge is 0.319 e. The lowest BCUT2D eigenvalue weighted by Gasteiger charge is -2.16. The van der Waals surface area contributed by atoms with Crippen LogP contribution < -0.4 is 10.6 Å². The molecule has 0 fully saturated rings. The lowest BCUT2D eigenvalue weighted by atomic mass is 10.2. The highest BCUT2D eigenvalue weighted by Crippen LogP contribution is 2.35. The topological polar surface area (TPSA) is 98.7 Å². The molecule has 0 saturated heterocycles. The van der Waals surface area contributed by atoms with Crippen molar-refractivity contribution in [2.75, 3.05) is 5.32 Å². The van der Waals surface area contributed by atoms with Gasteiger partial charge in [0, 0.05) is 0 Å². The van der Waals surface area contributed by atoms with Crippen LogP contribution in [0.5, 0.6) is 5.75 Å². The number of urea groups is 1. The third-order valence-corrected chi connectivity index (χ3v) is 4.47. The molecule has 8 heteroatoms. The van der Waals surface area contributed by atoms with Gasteiger partial charge in [0.2, 0.25) is 0 Å². The third kappa shape index (κ3) is 3.55. The number of aromatic hydroxyl groups is 1. The van der Waals surface area contributed by atoms with E-state index in [1.807, 2.05) is 6.92 Å². The second-order valence-electron chi connectivity index (χ2n) is 4.70. The number of phenols is 1. The Bertz CT molecular complexity index is 633. The van der Waals surface area contributed by atoms with Crippen molar-refractivity contribution in [1.29, 1.82) is 0 Å². The normalized spacial score (nSPS) is 19.0. The molecule has 1 aromatic carbocycles. The van der Waals surface area contributed by atoms with Crippen LogP contribution in [0.1, 0.15) is 19.8 Å². The molecule has 0 aromatic heterocycles. The van der Waals surface area contributed by atoms with Gasteiger partial charge in [0.1, 0.15) is 4.90 Å². The number of phenolic OH excluding ortho intramolecular Hbond substituents is 1. The van der Waals surface area contributed by atoms with Gasteiger partial charge >= 0.3 is 6.03 Å². The number of rotatable bonds is 3. The molecule has 2 atom stereocenters. The standard InChI is InChI=1S/C13H15ClN2O4S/c1-7-3-2-4-9(7)15-13(18)16-10-6-5-8(14)12(11(10)17)21(19)20/h3,5-6,9,17H,2,4H2,1H3,(H,19,20)(H2,15,16,18). The number of amides is 2. The van der Waals surface area contributed by atoms with Gasteiger partial charge in [-0.25, -0.2) is 9.00 Å². The van der Waals surface area contributed by atoms with Crippen LogP contribution in [0.2, 0.25) is 5.02 Å². The summed E-state index contributed by atoms with van der Waals surface area (Å²) in [6.07, 6.45) is 3.80. The largest absolute Gasteiger partial charge is 0.504 e. The van der Waals surface area contributed by atoms with Crippen LogP contribution in [0.3, 0.4) is 0 Å². The van der Waals surface area contributed by atoms with Gasteiger partial charge in [-0.2, -0.15) is 0 Å². The SMILES string of the molecule is CC1=CCCC1NC(=O)Nc1ccc(Cl)c(S(=O)O)c1O. The maximum absolute atomic E-state index is 11.9. The molecule has 0 bridgehead atoms. The number of carbonyl (C=O) groups excluding carboxylic acids is 1. The monoisotopic (exact) mass is 330 g/mol. The first kappa shape index (κ1) is 15.8. The molecule has 0 spiro atoms. The van der Waals surface area contributed by atoms with Gasteiger partial charge in [-0.05, 0) is 31.9 Å². The molecule has 4 N–H and O–H groups in total. The molecule has 2 amide bonds. The first-order valence-corrected chi connectivity index (χ1v) is 7.75. The number of hydrogen-bond donors (Lipinski definition) is 4. The van der Waals surface area contributed by atoms with Gasteiger partial charge in [0.15, 0.2) is 16.8 Å². The Hall–Kier alpha value is -1.57. The predicted molar refractivity (Wildman–Crippen MR) is 81.1 cm³/mol. The zero-order chi connectivity index (χ0) is 15.6. The Morgan fingerprint density at radius 3 is 2.76 bits per heavy atom. The maximum atomic E-state index is 11.9. The van der Waals surface area contributed by atoms with Crippen molar-refractivity contribution in [3.63, 3.8) is 0 Å². The molecule has 0 radical (unpaired) electrons. The number of halogens is 1. The molecule has 1 aliphatic carbocycles. The molecular weight excluding hydrogens is 316 g/mol. The Morgan fingerprint density at radius 1 is 1.48 bits per heavy atom. The summed E-state index contributed by atoms with van der Waals surface area (Å²) in [6, 6.07) is 2.17. The Kier molecular flexibility index (Phi) is 4.87. The molecule has 1 aromatic rings. The van der Waals surface area contributed by atoms with Crippen molar-refractivity contribution >= 4 is 34.4 Å². The summed E-state index contributed by atoms with van der Waals surface area (Å²) < 4.78 is 20.2. The molecule has 1 aliphatic rings. The second-order valence-corrected chi connectivity index (χ2v) is 6.01. The molecule has 0 aliphatic heterocycles. The minimum atomic E-state index is -2.45. The summed E-state index contributed by atoms with van der Waals surface area (Å²) in [5.74, 6) is -0.517. The fraction of sp³-hybridized carbons (Fsp3) is 0.308. The van der Waals surface area contributed by atoms with Crippen LogP contribution >= 0.6 is 11.6 Å². The molecule has 114 valence electrons. The molecule has 0 saturated carbocycles. The van der Waals surface area contributed by atoms with Crippen LogP contribution in [0.4, 0.5) is 10.5 Å². The minimum Gasteiger partial charge on any atom is -0.504 e. The zero-order valence-corrected chi connectivity index (χ0v) is 12.8. The first-order chi connectivity index (χ1) is 9.90. The third-order valence-electron chi connectivity index (χ3n) is 3.28. The number of allylic oxidation sites excluding steroid dienone is 1. The van der Waals surface area contributed by atoms with Crippen molar-refractivity contribution in [2.24, 2.45) is 0 Å². The summed E-state index contributed by atoms with van der Waals surface area (Å²) in [4.78, 5) is 11.6. The van der Waals surface area contributed by atoms with E-state index >= 15 is 0 Å². The zero-order valence-electron chi connectivity index (χ0n) is 11.2. The van der Waals surface area contributed by atoms with Gasteiger partial charge in [0.25, 0.3) is 0 Å². The molecule has 2 rings (SSSR count). The average molecular weight is 331 g/mol. The van der Waals surface area contributed by atoms with Gasteiger partial charge in [-0.15, -0.1) is 0 Å². The van der Waals surface area contributed by atoms with Crippen LogP contribution in [0.15, 0.2) is 28.7 Å². The molecule has 0 heterocycles. The lowest BCUT2D eigenvalue weighted by molar-refractivity contribution is 0.249. The van der Waals surface area contributed by atoms with Crippen LogP contribution in [-0.2, 0) is 11.1 Å². The highest BCUT2D eigenvalue weighted by Gasteiger charge is 2.20. The van der Waals surface area contributed by atoms with Crippen molar-refractivity contribution in [1.82, 2.24) is 5.32 Å². The van der Waals surface area contributed by atoms with Crippen LogP contribution in [0.25, 0.3) is 0 Å². The molecule has 21 heavy (non-hydrogen) atoms. The number of nitrogens with one attached hydrogen (secondary N) is 2. The number of anilines is 1. The van der Waals surface area contributed by atoms with Gasteiger partial charge < -0.3 is 20.3 Å². The quantitative estimate of drug-likeness (QED) is 0.389. The van der Waals surface area contributed by atoms with Crippen LogP contribution in [0, 0.1) is 0 Å². The first-order valence-electron chi connectivity index (χ1n) is 6.26. The predicted octanol–water partition coefficient (Wildman–Crippen LogP) is 2.86. The second kappa shape index (κ2) is 6.46. The Morgan fingerprint density at radius 2 is 2.19 bits per heavy atom. The van der Waals surface area contributed by atoms with E-state index in [4.69, 9.17) is 16.2 Å². The van der Waals surface area contributed by atoms with E-state index in [1.54, 1.807) is 0 Å². The summed E-state index contributed by atoms with van der Waals surface area (Å²) in [5.41, 5.74) is 1.11. The van der Waals surface area contributed by atoms with Gasteiger partial charge in [-0.3, -0.25) is 0 Å². The Balaban J connectivity index is 2.13. The van der Waals surface area contributed by atoms with E-state index in [-0.39, 0.29) is 21.6 Å². The van der Waals surface area contributed by atoms with E-state index in [9.17, 15) is 14.1 Å². The van der Waals surface area contributed by atoms with E-state index in [0.29, 0.717) is 0 Å². The van der Waals surface area contributed by atoms with E-state index < -0.39 is 22.9 Å². The highest BCUT2D eigenvalue weighted by atomic mass is 35.5. The number of benzene rings is 1. The lowest BCUT2D eigenvalue weighted by Crippen LogP contribution is -2.37. The van der Waals surface area contributed by atoms with Crippen molar-refractivity contribution in [2.45, 2.75) is 30.7 Å². The maximum Gasteiger partial charge on any atom is 0.319 e. The van der Waals surface area contributed by atoms with Crippen molar-refractivity contribution < 1.29 is 18.7 Å². The summed E-state index contributed by atoms with van der Waals surface area (Å²) >= 11 is 3.29. The minimum absolute atomic E-state index is 0.0222. The average Bonchev–Trinajstić information content (AvgIpc) is 2.78. The van der Waals surface area contributed by atoms with E-state index in [2.05, 4.69) is 16.7 Å². The number of hydrogen-bond acceptors (Lipinski definition) is 3.